The molecule has 1 heterocycles. The number of carbonyl (C=O) groups excluding carboxylic acids is 2. The topological polar surface area (TPSA) is 58.9 Å². The van der Waals surface area contributed by atoms with E-state index >= 15 is 0 Å². The van der Waals surface area contributed by atoms with E-state index in [0.29, 0.717) is 15.8 Å². The van der Waals surface area contributed by atoms with Crippen LogP contribution in [0, 0.1) is 5.92 Å². The van der Waals surface area contributed by atoms with Crippen molar-refractivity contribution in [3.8, 4) is 0 Å². The molecule has 1 atom stereocenters. The fraction of sp³-hybridized carbons (Fsp3) is 0.0588. The van der Waals surface area contributed by atoms with Gasteiger partial charge in [-0.3, -0.25) is 9.59 Å². The number of aldehydes is 1. The number of allylic oxidation sites excluding steroid dienone is 4. The van der Waals surface area contributed by atoms with E-state index in [1.54, 1.807) is 24.3 Å². The molecule has 3 rings (SSSR count). The fourth-order valence-electron chi connectivity index (χ4n) is 2.10. The van der Waals surface area contributed by atoms with Gasteiger partial charge in [-0.25, -0.2) is 4.99 Å². The van der Waals surface area contributed by atoms with Crippen LogP contribution in [-0.2, 0) is 9.59 Å². The zero-order valence-corrected chi connectivity index (χ0v) is 12.4. The van der Waals surface area contributed by atoms with Crippen LogP contribution in [0.25, 0.3) is 6.08 Å². The number of amidine groups is 1. The van der Waals surface area contributed by atoms with Crippen molar-refractivity contribution in [1.29, 1.82) is 0 Å². The smallest absolute Gasteiger partial charge is 0.261 e. The zero-order chi connectivity index (χ0) is 15.4. The highest BCUT2D eigenvalue weighted by molar-refractivity contribution is 8.18. The van der Waals surface area contributed by atoms with Crippen LogP contribution in [0.2, 0.25) is 0 Å². The maximum Gasteiger partial charge on any atom is 0.261 e. The molecule has 0 bridgehead atoms. The van der Waals surface area contributed by atoms with Gasteiger partial charge in [-0.15, -0.1) is 0 Å². The predicted molar refractivity (Wildman–Crippen MR) is 89.7 cm³/mol. The van der Waals surface area contributed by atoms with Gasteiger partial charge in [0.05, 0.1) is 10.6 Å². The van der Waals surface area contributed by atoms with E-state index in [1.807, 2.05) is 36.4 Å². The van der Waals surface area contributed by atoms with E-state index in [-0.39, 0.29) is 5.91 Å². The van der Waals surface area contributed by atoms with E-state index in [4.69, 9.17) is 0 Å². The molecule has 0 aromatic heterocycles. The van der Waals surface area contributed by atoms with Gasteiger partial charge >= 0.3 is 0 Å². The second-order valence-electron chi connectivity index (χ2n) is 4.67. The summed E-state index contributed by atoms with van der Waals surface area (Å²) in [6, 6.07) is 9.49. The number of thioether (sulfide) groups is 1. The van der Waals surface area contributed by atoms with E-state index in [9.17, 15) is 9.59 Å². The molecule has 5 heteroatoms. The van der Waals surface area contributed by atoms with Gasteiger partial charge in [0.15, 0.2) is 11.5 Å². The second kappa shape index (κ2) is 6.49. The van der Waals surface area contributed by atoms with Crippen molar-refractivity contribution in [2.45, 2.75) is 0 Å². The summed E-state index contributed by atoms with van der Waals surface area (Å²) in [5.41, 5.74) is 1.57. The Hall–Kier alpha value is -2.53. The van der Waals surface area contributed by atoms with Gasteiger partial charge < -0.3 is 0 Å². The summed E-state index contributed by atoms with van der Waals surface area (Å²) in [6.07, 6.45) is 9.69. The largest absolute Gasteiger partial charge is 0.297 e. The highest BCUT2D eigenvalue weighted by Crippen LogP contribution is 2.25. The summed E-state index contributed by atoms with van der Waals surface area (Å²) < 4.78 is 0. The SMILES string of the molecule is O=C/C(=C/c1ccccc1)SC1=NC(=O)C2C=CC=CC2=N1. The van der Waals surface area contributed by atoms with Crippen LogP contribution in [0.5, 0.6) is 0 Å². The molecular weight excluding hydrogens is 296 g/mol. The van der Waals surface area contributed by atoms with Gasteiger partial charge in [-0.1, -0.05) is 48.6 Å². The third kappa shape index (κ3) is 3.20. The highest BCUT2D eigenvalue weighted by atomic mass is 32.2. The molecule has 4 nitrogen and oxygen atoms in total. The lowest BCUT2D eigenvalue weighted by molar-refractivity contribution is -0.118. The minimum absolute atomic E-state index is 0.252. The Balaban J connectivity index is 1.83. The first-order chi connectivity index (χ1) is 10.8. The predicted octanol–water partition coefficient (Wildman–Crippen LogP) is 3.04. The molecule has 1 aliphatic carbocycles. The minimum Gasteiger partial charge on any atom is -0.297 e. The minimum atomic E-state index is -0.396. The van der Waals surface area contributed by atoms with Crippen molar-refractivity contribution in [2.75, 3.05) is 0 Å². The van der Waals surface area contributed by atoms with Crippen LogP contribution in [0.3, 0.4) is 0 Å². The third-order valence-electron chi connectivity index (χ3n) is 3.13. The molecule has 0 spiro atoms. The van der Waals surface area contributed by atoms with Crippen molar-refractivity contribution < 1.29 is 9.59 Å². The van der Waals surface area contributed by atoms with E-state index in [2.05, 4.69) is 9.98 Å². The van der Waals surface area contributed by atoms with Crippen LogP contribution < -0.4 is 0 Å². The number of fused-ring (bicyclic) bond motifs is 1. The van der Waals surface area contributed by atoms with Gasteiger partial charge in [0.1, 0.15) is 5.92 Å². The van der Waals surface area contributed by atoms with Crippen molar-refractivity contribution in [3.05, 3.63) is 65.1 Å². The van der Waals surface area contributed by atoms with Crippen LogP contribution in [0.1, 0.15) is 5.56 Å². The second-order valence-corrected chi connectivity index (χ2v) is 5.71. The van der Waals surface area contributed by atoms with E-state index < -0.39 is 5.92 Å². The highest BCUT2D eigenvalue weighted by Gasteiger charge is 2.26. The average molecular weight is 308 g/mol. The van der Waals surface area contributed by atoms with Crippen molar-refractivity contribution in [1.82, 2.24) is 0 Å². The molecular formula is C17H12N2O2S. The first-order valence-corrected chi connectivity index (χ1v) is 7.54. The molecule has 1 aliphatic heterocycles. The number of carbonyl (C=O) groups is 2. The van der Waals surface area contributed by atoms with Gasteiger partial charge in [-0.2, -0.15) is 4.99 Å². The molecule has 1 unspecified atom stereocenters. The lowest BCUT2D eigenvalue weighted by atomic mass is 9.97. The number of hydrogen-bond acceptors (Lipinski definition) is 4. The Morgan fingerprint density at radius 2 is 1.95 bits per heavy atom. The average Bonchev–Trinajstić information content (AvgIpc) is 2.55. The lowest BCUT2D eigenvalue weighted by Gasteiger charge is -2.17. The van der Waals surface area contributed by atoms with Crippen LogP contribution in [-0.4, -0.2) is 23.1 Å². The monoisotopic (exact) mass is 308 g/mol. The summed E-state index contributed by atoms with van der Waals surface area (Å²) in [7, 11) is 0. The van der Waals surface area contributed by atoms with Gasteiger partial charge in [0, 0.05) is 0 Å². The molecule has 22 heavy (non-hydrogen) atoms. The van der Waals surface area contributed by atoms with Gasteiger partial charge in [0.25, 0.3) is 5.91 Å². The van der Waals surface area contributed by atoms with Crippen LogP contribution >= 0.6 is 11.8 Å². The molecule has 0 N–H and O–H groups in total. The maximum atomic E-state index is 12.0. The fourth-order valence-corrected chi connectivity index (χ4v) is 2.84. The van der Waals surface area contributed by atoms with Crippen molar-refractivity contribution in [2.24, 2.45) is 15.9 Å². The van der Waals surface area contributed by atoms with E-state index in [0.717, 1.165) is 23.6 Å². The Morgan fingerprint density at radius 1 is 1.14 bits per heavy atom. The molecule has 0 saturated heterocycles. The quantitative estimate of drug-likeness (QED) is 0.637. The van der Waals surface area contributed by atoms with Crippen molar-refractivity contribution in [3.63, 3.8) is 0 Å². The summed E-state index contributed by atoms with van der Waals surface area (Å²) in [4.78, 5) is 32.0. The zero-order valence-electron chi connectivity index (χ0n) is 11.5. The normalized spacial score (nSPS) is 20.3. The van der Waals surface area contributed by atoms with Crippen molar-refractivity contribution >= 4 is 40.9 Å². The number of rotatable bonds is 3. The molecule has 1 aromatic carbocycles. The molecule has 1 amide bonds. The first kappa shape index (κ1) is 14.4. The number of amides is 1. The van der Waals surface area contributed by atoms with Crippen LogP contribution in [0.15, 0.2) is 69.5 Å². The van der Waals surface area contributed by atoms with Crippen LogP contribution in [0.4, 0.5) is 0 Å². The third-order valence-corrected chi connectivity index (χ3v) is 3.95. The van der Waals surface area contributed by atoms with Gasteiger partial charge in [-0.05, 0) is 29.5 Å². The molecule has 108 valence electrons. The molecule has 1 aromatic rings. The Morgan fingerprint density at radius 3 is 2.73 bits per heavy atom. The summed E-state index contributed by atoms with van der Waals surface area (Å²) in [6.45, 7) is 0. The molecule has 0 saturated carbocycles. The maximum absolute atomic E-state index is 12.0. The molecule has 0 fully saturated rings. The summed E-state index contributed by atoms with van der Waals surface area (Å²) in [5.74, 6) is -0.648. The molecule has 0 radical (unpaired) electrons. The lowest BCUT2D eigenvalue weighted by Crippen LogP contribution is -2.26. The standard InChI is InChI=1S/C17H12N2O2S/c20-11-13(10-12-6-2-1-3-7-12)22-17-18-15-9-5-4-8-14(15)16(21)19-17/h1-11,14H/b13-10-. The number of hydrogen-bond donors (Lipinski definition) is 0. The first-order valence-electron chi connectivity index (χ1n) is 6.72. The van der Waals surface area contributed by atoms with E-state index in [1.165, 1.54) is 0 Å². The number of nitrogens with zero attached hydrogens (tertiary/aromatic N) is 2. The number of aliphatic imine (C=N–C) groups is 2. The Labute approximate surface area is 132 Å². The number of benzene rings is 1. The Kier molecular flexibility index (Phi) is 4.25. The molecule has 2 aliphatic rings. The van der Waals surface area contributed by atoms with Gasteiger partial charge in [0.2, 0.25) is 0 Å². The summed E-state index contributed by atoms with van der Waals surface area (Å²) >= 11 is 1.10. The Bertz CT molecular complexity index is 758. The summed E-state index contributed by atoms with van der Waals surface area (Å²) in [5, 5.41) is 0.297.